The third kappa shape index (κ3) is 4.46. The second-order valence-electron chi connectivity index (χ2n) is 15.1. The molecule has 0 aliphatic heterocycles. The van der Waals surface area contributed by atoms with Crippen LogP contribution in [0.3, 0.4) is 0 Å². The van der Waals surface area contributed by atoms with Crippen LogP contribution in [0.2, 0.25) is 0 Å². The molecule has 0 saturated heterocycles. The van der Waals surface area contributed by atoms with E-state index in [2.05, 4.69) is 158 Å². The molecule has 0 atom stereocenters. The normalized spacial score (nSPS) is 12.2. The van der Waals surface area contributed by atoms with Crippen molar-refractivity contribution in [2.45, 2.75) is 0 Å². The Balaban J connectivity index is 1.15. The highest BCUT2D eigenvalue weighted by Gasteiger charge is 2.21. The molecule has 0 aliphatic carbocycles. The maximum atomic E-state index is 6.56. The Bertz CT molecular complexity index is 3810. The molecule has 0 N–H and O–H groups in total. The second kappa shape index (κ2) is 11.7. The topological polar surface area (TPSA) is 26.3 Å². The summed E-state index contributed by atoms with van der Waals surface area (Å²) in [5, 5.41) is 14.4. The lowest BCUT2D eigenvalue weighted by molar-refractivity contribution is 0.663. The van der Waals surface area contributed by atoms with Crippen molar-refractivity contribution in [3.05, 3.63) is 182 Å². The van der Waals surface area contributed by atoms with Gasteiger partial charge in [-0.25, -0.2) is 0 Å². The average Bonchev–Trinajstić information content (AvgIpc) is 3.95. The molecule has 0 bridgehead atoms. The monoisotopic (exact) mass is 742 g/mol. The molecule has 264 valence electrons. The summed E-state index contributed by atoms with van der Waals surface area (Å²) in [6, 6.07) is 66.3. The van der Waals surface area contributed by atoms with Crippen LogP contribution in [0.1, 0.15) is 0 Å². The van der Waals surface area contributed by atoms with Gasteiger partial charge in [0.15, 0.2) is 0 Å². The van der Waals surface area contributed by atoms with Crippen molar-refractivity contribution in [1.29, 1.82) is 0 Å². The van der Waals surface area contributed by atoms with Crippen LogP contribution < -0.4 is 0 Å². The van der Waals surface area contributed by atoms with Crippen molar-refractivity contribution in [3.63, 3.8) is 0 Å². The highest BCUT2D eigenvalue weighted by Crippen LogP contribution is 2.48. The van der Waals surface area contributed by atoms with Crippen LogP contribution in [0, 0.1) is 0 Å². The summed E-state index contributed by atoms with van der Waals surface area (Å²) in [6.45, 7) is 0. The van der Waals surface area contributed by atoms with Gasteiger partial charge in [0.1, 0.15) is 22.3 Å². The number of furan rings is 2. The van der Waals surface area contributed by atoms with Crippen molar-refractivity contribution in [3.8, 4) is 33.4 Å². The van der Waals surface area contributed by atoms with Gasteiger partial charge in [0.25, 0.3) is 0 Å². The van der Waals surface area contributed by atoms with Gasteiger partial charge in [0, 0.05) is 41.7 Å². The highest BCUT2D eigenvalue weighted by molar-refractivity contribution is 7.25. The van der Waals surface area contributed by atoms with Crippen LogP contribution >= 0.6 is 11.3 Å². The minimum absolute atomic E-state index is 0.862. The largest absolute Gasteiger partial charge is 0.456 e. The number of hydrogen-bond acceptors (Lipinski definition) is 3. The second-order valence-corrected chi connectivity index (χ2v) is 16.2. The molecule has 0 amide bonds. The molecular weight excluding hydrogens is 713 g/mol. The van der Waals surface area contributed by atoms with Gasteiger partial charge in [-0.15, -0.1) is 11.3 Å². The lowest BCUT2D eigenvalue weighted by Crippen LogP contribution is -1.92. The van der Waals surface area contributed by atoms with Gasteiger partial charge in [-0.2, -0.15) is 0 Å². The van der Waals surface area contributed by atoms with Crippen LogP contribution in [0.25, 0.3) is 130 Å². The van der Waals surface area contributed by atoms with Crippen molar-refractivity contribution in [1.82, 2.24) is 0 Å². The zero-order chi connectivity index (χ0) is 37.2. The molecule has 10 aromatic carbocycles. The van der Waals surface area contributed by atoms with Gasteiger partial charge in [-0.3, -0.25) is 0 Å². The summed E-state index contributed by atoms with van der Waals surface area (Å²) < 4.78 is 15.5. The number of rotatable bonds is 3. The molecule has 13 aromatic rings. The third-order valence-electron chi connectivity index (χ3n) is 12.1. The summed E-state index contributed by atoms with van der Waals surface area (Å²) in [5.41, 5.74) is 10.8. The molecule has 13 rings (SSSR count). The molecule has 57 heavy (non-hydrogen) atoms. The Labute approximate surface area is 330 Å². The van der Waals surface area contributed by atoms with Crippen LogP contribution in [-0.2, 0) is 0 Å². The summed E-state index contributed by atoms with van der Waals surface area (Å²) in [5.74, 6) is 0. The predicted octanol–water partition coefficient (Wildman–Crippen LogP) is 16.3. The lowest BCUT2D eigenvalue weighted by Gasteiger charge is -2.19. The smallest absolute Gasteiger partial charge is 0.136 e. The van der Waals surface area contributed by atoms with Crippen LogP contribution in [0.15, 0.2) is 191 Å². The minimum Gasteiger partial charge on any atom is -0.456 e. The molecule has 3 heteroatoms. The Hall–Kier alpha value is -7.20. The molecule has 0 unspecified atom stereocenters. The van der Waals surface area contributed by atoms with Crippen molar-refractivity contribution < 1.29 is 8.83 Å². The SMILES string of the molecule is c1ccc2c(-c3ccc4c(-c5ccc6c(c5)sc5ccccc56)c5ccccc5c(-c5ccc6oc7ccc8oc9ccccc9c8c7c6c5)c4c3)cccc2c1. The van der Waals surface area contributed by atoms with Gasteiger partial charge in [-0.1, -0.05) is 133 Å². The lowest BCUT2D eigenvalue weighted by atomic mass is 9.84. The Kier molecular flexibility index (Phi) is 6.35. The van der Waals surface area contributed by atoms with Gasteiger partial charge in [-0.05, 0) is 114 Å². The van der Waals surface area contributed by atoms with Crippen LogP contribution in [0.5, 0.6) is 0 Å². The van der Waals surface area contributed by atoms with E-state index < -0.39 is 0 Å². The Morgan fingerprint density at radius 2 is 0.825 bits per heavy atom. The van der Waals surface area contributed by atoms with Crippen molar-refractivity contribution in [2.75, 3.05) is 0 Å². The van der Waals surface area contributed by atoms with E-state index >= 15 is 0 Å². The number of benzene rings is 10. The maximum absolute atomic E-state index is 6.56. The first kappa shape index (κ1) is 31.1. The first-order valence-electron chi connectivity index (χ1n) is 19.4. The van der Waals surface area contributed by atoms with E-state index in [9.17, 15) is 0 Å². The number of hydrogen-bond donors (Lipinski definition) is 0. The first-order chi connectivity index (χ1) is 28.2. The molecule has 0 aliphatic rings. The third-order valence-corrected chi connectivity index (χ3v) is 13.2. The average molecular weight is 743 g/mol. The fraction of sp³-hybridized carbons (Fsp3) is 0. The highest BCUT2D eigenvalue weighted by atomic mass is 32.1. The molecule has 3 aromatic heterocycles. The molecule has 0 saturated carbocycles. The zero-order valence-electron chi connectivity index (χ0n) is 30.5. The fourth-order valence-electron chi connectivity index (χ4n) is 9.56. The number of fused-ring (bicyclic) bond motifs is 13. The quantitative estimate of drug-likeness (QED) is 0.169. The van der Waals surface area contributed by atoms with E-state index in [4.69, 9.17) is 8.83 Å². The summed E-state index contributed by atoms with van der Waals surface area (Å²) in [6.07, 6.45) is 0. The Morgan fingerprint density at radius 3 is 1.67 bits per heavy atom. The van der Waals surface area contributed by atoms with E-state index in [1.54, 1.807) is 0 Å². The van der Waals surface area contributed by atoms with E-state index in [1.807, 2.05) is 35.6 Å². The zero-order valence-corrected chi connectivity index (χ0v) is 31.4. The van der Waals surface area contributed by atoms with E-state index in [0.717, 1.165) is 49.4 Å². The van der Waals surface area contributed by atoms with Crippen molar-refractivity contribution >= 4 is 108 Å². The van der Waals surface area contributed by atoms with E-state index in [-0.39, 0.29) is 0 Å². The van der Waals surface area contributed by atoms with Crippen molar-refractivity contribution in [2.24, 2.45) is 0 Å². The fourth-order valence-corrected chi connectivity index (χ4v) is 10.7. The molecule has 3 heterocycles. The summed E-state index contributed by atoms with van der Waals surface area (Å²) >= 11 is 1.87. The minimum atomic E-state index is 0.862. The number of para-hydroxylation sites is 1. The molecule has 0 fully saturated rings. The standard InChI is InChI=1S/C54H30O2S/c1-2-12-35-31(10-1)11-9-17-36(35)32-20-24-41-43(28-32)52(33-22-25-46-44(29-33)54-48(56-46)27-26-47-53(54)42-16-5-7-18-45(42)55-47)40-15-4-3-14-39(40)51(41)34-21-23-38-37-13-6-8-19-49(37)57-50(38)30-34/h1-30H. The first-order valence-corrected chi connectivity index (χ1v) is 20.2. The van der Waals surface area contributed by atoms with Gasteiger partial charge in [0.05, 0.1) is 0 Å². The maximum Gasteiger partial charge on any atom is 0.136 e. The summed E-state index contributed by atoms with van der Waals surface area (Å²) in [4.78, 5) is 0. The Morgan fingerprint density at radius 1 is 0.298 bits per heavy atom. The van der Waals surface area contributed by atoms with Crippen LogP contribution in [0.4, 0.5) is 0 Å². The van der Waals surface area contributed by atoms with Gasteiger partial charge >= 0.3 is 0 Å². The van der Waals surface area contributed by atoms with Gasteiger partial charge < -0.3 is 8.83 Å². The van der Waals surface area contributed by atoms with E-state index in [1.165, 1.54) is 80.3 Å². The molecular formula is C54H30O2S. The summed E-state index contributed by atoms with van der Waals surface area (Å²) in [7, 11) is 0. The predicted molar refractivity (Wildman–Crippen MR) is 243 cm³/mol. The molecule has 0 radical (unpaired) electrons. The van der Waals surface area contributed by atoms with E-state index in [0.29, 0.717) is 0 Å². The van der Waals surface area contributed by atoms with Gasteiger partial charge in [0.2, 0.25) is 0 Å². The van der Waals surface area contributed by atoms with Crippen LogP contribution in [-0.4, -0.2) is 0 Å². The molecule has 0 spiro atoms. The molecule has 2 nitrogen and oxygen atoms in total. The number of thiophene rings is 1.